The number of H-pyrrole nitrogens is 1. The van der Waals surface area contributed by atoms with Gasteiger partial charge in [-0.05, 0) is 18.6 Å². The molecule has 0 saturated heterocycles. The first kappa shape index (κ1) is 11.8. The lowest BCUT2D eigenvalue weighted by molar-refractivity contribution is 0.873. The van der Waals surface area contributed by atoms with Crippen molar-refractivity contribution in [3.63, 3.8) is 0 Å². The molecule has 6 heteroatoms. The molecule has 0 atom stereocenters. The molecule has 0 amide bonds. The number of aryl methyl sites for hydroxylation is 1. The van der Waals surface area contributed by atoms with E-state index in [4.69, 9.17) is 0 Å². The summed E-state index contributed by atoms with van der Waals surface area (Å²) < 4.78 is 1.85. The second kappa shape index (κ2) is 4.52. The molecule has 1 N–H and O–H groups in total. The summed E-state index contributed by atoms with van der Waals surface area (Å²) in [5.41, 5.74) is 4.61. The van der Waals surface area contributed by atoms with Crippen LogP contribution in [-0.2, 0) is 0 Å². The summed E-state index contributed by atoms with van der Waals surface area (Å²) in [7, 11) is 0. The van der Waals surface area contributed by atoms with Crippen molar-refractivity contribution < 1.29 is 0 Å². The van der Waals surface area contributed by atoms with Crippen LogP contribution in [0.3, 0.4) is 0 Å². The van der Waals surface area contributed by atoms with Gasteiger partial charge in [0.2, 0.25) is 0 Å². The van der Waals surface area contributed by atoms with E-state index < -0.39 is 0 Å². The molecule has 0 radical (unpaired) electrons. The third kappa shape index (κ3) is 1.97. The van der Waals surface area contributed by atoms with Gasteiger partial charge in [-0.15, -0.1) is 0 Å². The smallest absolute Gasteiger partial charge is 0.181 e. The Morgan fingerprint density at radius 3 is 2.90 bits per heavy atom. The molecule has 1 aromatic carbocycles. The monoisotopic (exact) mass is 276 g/mol. The molecule has 4 aromatic rings. The number of aromatic amines is 1. The molecule has 0 fully saturated rings. The van der Waals surface area contributed by atoms with Crippen molar-refractivity contribution >= 4 is 11.2 Å². The highest BCUT2D eigenvalue weighted by molar-refractivity contribution is 5.74. The van der Waals surface area contributed by atoms with Crippen molar-refractivity contribution in [3.8, 4) is 17.1 Å². The van der Waals surface area contributed by atoms with Crippen molar-refractivity contribution in [2.45, 2.75) is 6.92 Å². The Hall–Kier alpha value is -3.02. The number of aromatic nitrogens is 6. The first-order valence-electron chi connectivity index (χ1n) is 6.58. The lowest BCUT2D eigenvalue weighted by Gasteiger charge is -2.04. The van der Waals surface area contributed by atoms with Crippen LogP contribution < -0.4 is 0 Å². The van der Waals surface area contributed by atoms with Gasteiger partial charge in [-0.2, -0.15) is 5.10 Å². The van der Waals surface area contributed by atoms with E-state index in [-0.39, 0.29) is 0 Å². The van der Waals surface area contributed by atoms with Gasteiger partial charge in [-0.1, -0.05) is 18.2 Å². The molecular formula is C15H12N6. The average molecular weight is 276 g/mol. The van der Waals surface area contributed by atoms with Crippen LogP contribution in [0.4, 0.5) is 0 Å². The van der Waals surface area contributed by atoms with Crippen molar-refractivity contribution in [2.24, 2.45) is 0 Å². The molecule has 0 bridgehead atoms. The zero-order valence-electron chi connectivity index (χ0n) is 11.4. The van der Waals surface area contributed by atoms with E-state index >= 15 is 0 Å². The van der Waals surface area contributed by atoms with Crippen LogP contribution in [0.2, 0.25) is 0 Å². The minimum atomic E-state index is 0.656. The second-order valence-corrected chi connectivity index (χ2v) is 4.81. The third-order valence-corrected chi connectivity index (χ3v) is 3.38. The molecular weight excluding hydrogens is 264 g/mol. The normalized spacial score (nSPS) is 11.1. The molecule has 102 valence electrons. The van der Waals surface area contributed by atoms with Gasteiger partial charge < -0.3 is 4.98 Å². The molecule has 0 aliphatic carbocycles. The van der Waals surface area contributed by atoms with E-state index in [9.17, 15) is 0 Å². The van der Waals surface area contributed by atoms with Crippen LogP contribution in [-0.4, -0.2) is 29.7 Å². The third-order valence-electron chi connectivity index (χ3n) is 3.38. The fourth-order valence-corrected chi connectivity index (χ4v) is 2.30. The average Bonchev–Trinajstić information content (AvgIpc) is 3.14. The molecule has 0 aliphatic rings. The van der Waals surface area contributed by atoms with E-state index in [1.165, 1.54) is 11.9 Å². The Morgan fingerprint density at radius 1 is 1.14 bits per heavy atom. The zero-order chi connectivity index (χ0) is 14.2. The van der Waals surface area contributed by atoms with Gasteiger partial charge in [0, 0.05) is 6.20 Å². The number of nitrogens with one attached hydrogen (secondary N) is 1. The topological polar surface area (TPSA) is 72.3 Å². The maximum Gasteiger partial charge on any atom is 0.181 e. The largest absolute Gasteiger partial charge is 0.335 e. The van der Waals surface area contributed by atoms with Crippen LogP contribution in [0.15, 0.2) is 49.2 Å². The summed E-state index contributed by atoms with van der Waals surface area (Å²) >= 11 is 0. The minimum absolute atomic E-state index is 0.656. The van der Waals surface area contributed by atoms with Crippen LogP contribution in [0.25, 0.3) is 28.2 Å². The number of imidazole rings is 1. The fraction of sp³-hybridized carbons (Fsp3) is 0.0667. The SMILES string of the molecule is Cc1ccccc1-n1cc(-c2nc3ncncc3[nH]2)cn1. The van der Waals surface area contributed by atoms with E-state index in [2.05, 4.69) is 38.0 Å². The molecule has 21 heavy (non-hydrogen) atoms. The van der Waals surface area contributed by atoms with Crippen molar-refractivity contribution in [3.05, 3.63) is 54.7 Å². The minimum Gasteiger partial charge on any atom is -0.335 e. The number of fused-ring (bicyclic) bond motifs is 1. The standard InChI is InChI=1S/C15H12N6/c1-10-4-2-3-5-13(10)21-8-11(6-18-21)14-19-12-7-16-9-17-15(12)20-14/h2-9H,1H3,(H,16,17,19,20). The van der Waals surface area contributed by atoms with Crippen LogP contribution >= 0.6 is 0 Å². The molecule has 0 aliphatic heterocycles. The summed E-state index contributed by atoms with van der Waals surface area (Å²) in [6.45, 7) is 2.06. The van der Waals surface area contributed by atoms with Gasteiger partial charge in [-0.3, -0.25) is 0 Å². The highest BCUT2D eigenvalue weighted by atomic mass is 15.3. The van der Waals surface area contributed by atoms with Gasteiger partial charge in [0.1, 0.15) is 17.7 Å². The molecule has 0 unspecified atom stereocenters. The van der Waals surface area contributed by atoms with Crippen LogP contribution in [0, 0.1) is 6.92 Å². The molecule has 3 aromatic heterocycles. The maximum absolute atomic E-state index is 4.45. The van der Waals surface area contributed by atoms with Gasteiger partial charge in [0.15, 0.2) is 5.65 Å². The maximum atomic E-state index is 4.45. The van der Waals surface area contributed by atoms with Crippen molar-refractivity contribution in [2.75, 3.05) is 0 Å². The van der Waals surface area contributed by atoms with Gasteiger partial charge >= 0.3 is 0 Å². The van der Waals surface area contributed by atoms with Crippen LogP contribution in [0.5, 0.6) is 0 Å². The number of hydrogen-bond acceptors (Lipinski definition) is 4. The molecule has 0 saturated carbocycles. The van der Waals surface area contributed by atoms with Crippen molar-refractivity contribution in [1.82, 2.24) is 29.7 Å². The Kier molecular flexibility index (Phi) is 2.53. The van der Waals surface area contributed by atoms with Gasteiger partial charge in [-0.25, -0.2) is 19.6 Å². The van der Waals surface area contributed by atoms with Crippen molar-refractivity contribution in [1.29, 1.82) is 0 Å². The Balaban J connectivity index is 1.79. The summed E-state index contributed by atoms with van der Waals surface area (Å²) in [6.07, 6.45) is 6.94. The first-order chi connectivity index (χ1) is 10.3. The molecule has 0 spiro atoms. The predicted octanol–water partition coefficient (Wildman–Crippen LogP) is 2.51. The summed E-state index contributed by atoms with van der Waals surface area (Å²) in [5, 5.41) is 4.41. The van der Waals surface area contributed by atoms with E-state index in [1.54, 1.807) is 12.4 Å². The summed E-state index contributed by atoms with van der Waals surface area (Å²) in [5.74, 6) is 0.741. The number of para-hydroxylation sites is 1. The van der Waals surface area contributed by atoms with E-state index in [0.717, 1.165) is 22.6 Å². The quantitative estimate of drug-likeness (QED) is 0.610. The Morgan fingerprint density at radius 2 is 2.05 bits per heavy atom. The fourth-order valence-electron chi connectivity index (χ4n) is 2.30. The Labute approximate surface area is 120 Å². The summed E-state index contributed by atoms with van der Waals surface area (Å²) in [4.78, 5) is 15.8. The zero-order valence-corrected chi connectivity index (χ0v) is 11.4. The van der Waals surface area contributed by atoms with Gasteiger partial charge in [0.25, 0.3) is 0 Å². The van der Waals surface area contributed by atoms with E-state index in [0.29, 0.717) is 5.65 Å². The van der Waals surface area contributed by atoms with Gasteiger partial charge in [0.05, 0.1) is 23.6 Å². The highest BCUT2D eigenvalue weighted by Gasteiger charge is 2.09. The number of benzene rings is 1. The first-order valence-corrected chi connectivity index (χ1v) is 6.58. The number of hydrogen-bond donors (Lipinski definition) is 1. The molecule has 6 nitrogen and oxygen atoms in total. The number of rotatable bonds is 2. The van der Waals surface area contributed by atoms with Crippen LogP contribution in [0.1, 0.15) is 5.56 Å². The summed E-state index contributed by atoms with van der Waals surface area (Å²) in [6, 6.07) is 8.12. The second-order valence-electron chi connectivity index (χ2n) is 4.81. The highest BCUT2D eigenvalue weighted by Crippen LogP contribution is 2.20. The molecule has 4 rings (SSSR count). The lowest BCUT2D eigenvalue weighted by atomic mass is 10.2. The number of nitrogens with zero attached hydrogens (tertiary/aromatic N) is 5. The Bertz CT molecular complexity index is 887. The molecule has 3 heterocycles. The van der Waals surface area contributed by atoms with E-state index in [1.807, 2.05) is 29.1 Å². The predicted molar refractivity (Wildman–Crippen MR) is 79.0 cm³/mol. The lowest BCUT2D eigenvalue weighted by Crippen LogP contribution is -1.96.